The van der Waals surface area contributed by atoms with Crippen molar-refractivity contribution < 1.29 is 9.13 Å². The molecule has 0 fully saturated rings. The van der Waals surface area contributed by atoms with E-state index in [0.717, 1.165) is 15.8 Å². The number of hydrogen-bond donors (Lipinski definition) is 1. The van der Waals surface area contributed by atoms with E-state index in [-0.39, 0.29) is 23.7 Å². The van der Waals surface area contributed by atoms with Crippen LogP contribution in [0.25, 0.3) is 0 Å². The minimum Gasteiger partial charge on any atom is -0.480 e. The quantitative estimate of drug-likeness (QED) is 0.866. The molecule has 0 aliphatic heterocycles. The maximum Gasteiger partial charge on any atom is 0.165 e. The maximum atomic E-state index is 13.7. The lowest BCUT2D eigenvalue weighted by Crippen LogP contribution is -2.31. The predicted molar refractivity (Wildman–Crippen MR) is 80.1 cm³/mol. The van der Waals surface area contributed by atoms with Gasteiger partial charge >= 0.3 is 0 Å². The lowest BCUT2D eigenvalue weighted by atomic mass is 10.1. The summed E-state index contributed by atoms with van der Waals surface area (Å²) < 4.78 is 20.4. The van der Waals surface area contributed by atoms with Gasteiger partial charge in [-0.05, 0) is 40.5 Å². The number of para-hydroxylation sites is 1. The molecule has 0 amide bonds. The van der Waals surface area contributed by atoms with Gasteiger partial charge in [0.1, 0.15) is 6.10 Å². The monoisotopic (exact) mass is 343 g/mol. The summed E-state index contributed by atoms with van der Waals surface area (Å²) in [6, 6.07) is 8.17. The summed E-state index contributed by atoms with van der Waals surface area (Å²) in [4.78, 5) is 0.990. The topological polar surface area (TPSA) is 35.2 Å². The summed E-state index contributed by atoms with van der Waals surface area (Å²) in [6.45, 7) is 1.99. The highest BCUT2D eigenvalue weighted by Gasteiger charge is 2.23. The van der Waals surface area contributed by atoms with Crippen LogP contribution in [0.15, 0.2) is 40.2 Å². The van der Waals surface area contributed by atoms with Crippen molar-refractivity contribution in [3.8, 4) is 5.75 Å². The molecule has 5 heteroatoms. The summed E-state index contributed by atoms with van der Waals surface area (Å²) in [5, 5.41) is 1.97. The van der Waals surface area contributed by atoms with Crippen molar-refractivity contribution in [1.82, 2.24) is 0 Å². The normalized spacial score (nSPS) is 14.1. The van der Waals surface area contributed by atoms with Gasteiger partial charge in [0.25, 0.3) is 0 Å². The van der Waals surface area contributed by atoms with Crippen LogP contribution in [-0.4, -0.2) is 6.04 Å². The Morgan fingerprint density at radius 2 is 2.16 bits per heavy atom. The standard InChI is InChI=1S/C14H15BrFNOS/c1-2-11(17)14(13-7-9(15)8-19-13)18-12-6-4-3-5-10(12)16/h3-8,11,14H,2,17H2,1H3. The van der Waals surface area contributed by atoms with E-state index >= 15 is 0 Å². The van der Waals surface area contributed by atoms with Crippen molar-refractivity contribution in [3.63, 3.8) is 0 Å². The van der Waals surface area contributed by atoms with Crippen LogP contribution in [0, 0.1) is 5.82 Å². The van der Waals surface area contributed by atoms with E-state index in [0.29, 0.717) is 0 Å². The molecule has 0 aliphatic carbocycles. The van der Waals surface area contributed by atoms with Gasteiger partial charge in [-0.3, -0.25) is 0 Å². The Morgan fingerprint density at radius 3 is 2.74 bits per heavy atom. The molecule has 0 saturated carbocycles. The Bertz CT molecular complexity index is 546. The van der Waals surface area contributed by atoms with Gasteiger partial charge in [-0.2, -0.15) is 0 Å². The van der Waals surface area contributed by atoms with Crippen molar-refractivity contribution >= 4 is 27.3 Å². The van der Waals surface area contributed by atoms with Crippen LogP contribution in [-0.2, 0) is 0 Å². The zero-order valence-corrected chi connectivity index (χ0v) is 12.9. The highest BCUT2D eigenvalue weighted by molar-refractivity contribution is 9.10. The van der Waals surface area contributed by atoms with Gasteiger partial charge in [0.15, 0.2) is 11.6 Å². The second-order valence-corrected chi connectivity index (χ2v) is 6.07. The Kier molecular flexibility index (Phi) is 4.96. The molecule has 0 saturated heterocycles. The number of nitrogens with two attached hydrogens (primary N) is 1. The lowest BCUT2D eigenvalue weighted by Gasteiger charge is -2.23. The molecule has 2 atom stereocenters. The van der Waals surface area contributed by atoms with Crippen molar-refractivity contribution in [2.45, 2.75) is 25.5 Å². The van der Waals surface area contributed by atoms with Crippen LogP contribution in [0.5, 0.6) is 5.75 Å². The first-order chi connectivity index (χ1) is 9.11. The van der Waals surface area contributed by atoms with E-state index in [1.165, 1.54) is 6.07 Å². The van der Waals surface area contributed by atoms with Gasteiger partial charge < -0.3 is 10.5 Å². The minimum absolute atomic E-state index is 0.176. The molecule has 0 bridgehead atoms. The molecule has 2 N–H and O–H groups in total. The molecule has 2 nitrogen and oxygen atoms in total. The summed E-state index contributed by atoms with van der Waals surface area (Å²) in [6.07, 6.45) is 0.424. The van der Waals surface area contributed by atoms with E-state index in [4.69, 9.17) is 10.5 Å². The summed E-state index contributed by atoms with van der Waals surface area (Å²) in [5.41, 5.74) is 6.10. The van der Waals surface area contributed by atoms with Crippen LogP contribution in [0.2, 0.25) is 0 Å². The van der Waals surface area contributed by atoms with E-state index in [2.05, 4.69) is 15.9 Å². The summed E-state index contributed by atoms with van der Waals surface area (Å²) in [7, 11) is 0. The molecule has 1 aromatic heterocycles. The fourth-order valence-corrected chi connectivity index (χ4v) is 3.27. The van der Waals surface area contributed by atoms with Gasteiger partial charge in [0, 0.05) is 20.8 Å². The molecule has 0 spiro atoms. The Balaban J connectivity index is 2.27. The second-order valence-electron chi connectivity index (χ2n) is 4.21. The first-order valence-corrected chi connectivity index (χ1v) is 7.69. The molecular weight excluding hydrogens is 329 g/mol. The number of benzene rings is 1. The molecule has 0 aliphatic rings. The van der Waals surface area contributed by atoms with Gasteiger partial charge in [0.2, 0.25) is 0 Å². The van der Waals surface area contributed by atoms with Gasteiger partial charge in [0.05, 0.1) is 0 Å². The van der Waals surface area contributed by atoms with Crippen molar-refractivity contribution in [2.75, 3.05) is 0 Å². The third-order valence-corrected chi connectivity index (χ3v) is 4.57. The van der Waals surface area contributed by atoms with Gasteiger partial charge in [-0.25, -0.2) is 4.39 Å². The van der Waals surface area contributed by atoms with Crippen LogP contribution >= 0.6 is 27.3 Å². The molecule has 102 valence electrons. The number of halogens is 2. The van der Waals surface area contributed by atoms with Crippen molar-refractivity contribution in [3.05, 3.63) is 50.9 Å². The Hall–Kier alpha value is -0.910. The average molecular weight is 344 g/mol. The Morgan fingerprint density at radius 1 is 1.42 bits per heavy atom. The number of ether oxygens (including phenoxy) is 1. The van der Waals surface area contributed by atoms with E-state index in [1.54, 1.807) is 29.5 Å². The summed E-state index contributed by atoms with van der Waals surface area (Å²) in [5.74, 6) is -0.132. The zero-order valence-electron chi connectivity index (χ0n) is 10.5. The number of thiophene rings is 1. The third kappa shape index (κ3) is 3.55. The fraction of sp³-hybridized carbons (Fsp3) is 0.286. The Labute approximate surface area is 124 Å². The largest absolute Gasteiger partial charge is 0.480 e. The molecule has 19 heavy (non-hydrogen) atoms. The van der Waals surface area contributed by atoms with E-state index in [1.807, 2.05) is 18.4 Å². The maximum absolute atomic E-state index is 13.7. The smallest absolute Gasteiger partial charge is 0.165 e. The lowest BCUT2D eigenvalue weighted by molar-refractivity contribution is 0.167. The van der Waals surface area contributed by atoms with Crippen molar-refractivity contribution in [2.24, 2.45) is 5.73 Å². The van der Waals surface area contributed by atoms with E-state index in [9.17, 15) is 4.39 Å². The molecule has 2 aromatic rings. The van der Waals surface area contributed by atoms with Crippen molar-refractivity contribution in [1.29, 1.82) is 0 Å². The van der Waals surface area contributed by atoms with Gasteiger partial charge in [-0.1, -0.05) is 19.1 Å². The van der Waals surface area contributed by atoms with E-state index < -0.39 is 0 Å². The molecule has 1 heterocycles. The molecule has 0 radical (unpaired) electrons. The van der Waals surface area contributed by atoms with Gasteiger partial charge in [-0.15, -0.1) is 11.3 Å². The SMILES string of the molecule is CCC(N)C(Oc1ccccc1F)c1cc(Br)cs1. The number of hydrogen-bond acceptors (Lipinski definition) is 3. The van der Waals surface area contributed by atoms with Crippen LogP contribution in [0.3, 0.4) is 0 Å². The predicted octanol–water partition coefficient (Wildman–Crippen LogP) is 4.51. The first-order valence-electron chi connectivity index (χ1n) is 6.02. The first kappa shape index (κ1) is 14.5. The zero-order chi connectivity index (χ0) is 13.8. The highest BCUT2D eigenvalue weighted by atomic mass is 79.9. The van der Waals surface area contributed by atoms with Crippen LogP contribution < -0.4 is 10.5 Å². The third-order valence-electron chi connectivity index (χ3n) is 2.82. The molecule has 2 unspecified atom stereocenters. The van der Waals surface area contributed by atoms with Crippen LogP contribution in [0.4, 0.5) is 4.39 Å². The average Bonchev–Trinajstić information content (AvgIpc) is 2.83. The summed E-state index contributed by atoms with van der Waals surface area (Å²) >= 11 is 4.96. The molecule has 1 aromatic carbocycles. The minimum atomic E-state index is -0.369. The highest BCUT2D eigenvalue weighted by Crippen LogP contribution is 2.32. The fourth-order valence-electron chi connectivity index (χ4n) is 1.73. The molecule has 2 rings (SSSR count). The van der Waals surface area contributed by atoms with Crippen LogP contribution in [0.1, 0.15) is 24.3 Å². The second kappa shape index (κ2) is 6.50. The number of rotatable bonds is 5. The molecular formula is C14H15BrFNOS.